The molecule has 1 aromatic carbocycles. The lowest BCUT2D eigenvalue weighted by Gasteiger charge is -2.18. The van der Waals surface area contributed by atoms with E-state index in [1.165, 1.54) is 11.9 Å². The Morgan fingerprint density at radius 3 is 2.50 bits per heavy atom. The van der Waals surface area contributed by atoms with Gasteiger partial charge in [-0.2, -0.15) is 0 Å². The Kier molecular flexibility index (Phi) is 5.62. The van der Waals surface area contributed by atoms with Crippen LogP contribution in [0.25, 0.3) is 0 Å². The summed E-state index contributed by atoms with van der Waals surface area (Å²) in [5.74, 6) is 0. The van der Waals surface area contributed by atoms with Crippen LogP contribution in [0.15, 0.2) is 30.3 Å². The first-order valence-electron chi connectivity index (χ1n) is 7.53. The minimum Gasteiger partial charge on any atom is -0.465 e. The van der Waals surface area contributed by atoms with Crippen molar-refractivity contribution in [3.8, 4) is 0 Å². The molecule has 0 radical (unpaired) electrons. The highest BCUT2D eigenvalue weighted by molar-refractivity contribution is 5.87. The Labute approximate surface area is 139 Å². The summed E-state index contributed by atoms with van der Waals surface area (Å²) < 4.78 is 10.2. The van der Waals surface area contributed by atoms with Crippen molar-refractivity contribution in [1.82, 2.24) is 9.80 Å². The van der Waals surface area contributed by atoms with E-state index in [-0.39, 0.29) is 19.2 Å². The van der Waals surface area contributed by atoms with E-state index in [9.17, 15) is 14.4 Å². The van der Waals surface area contributed by atoms with Crippen LogP contribution < -0.4 is 0 Å². The third kappa shape index (κ3) is 4.37. The number of rotatable bonds is 3. The van der Waals surface area contributed by atoms with Crippen LogP contribution in [0.2, 0.25) is 0 Å². The largest absolute Gasteiger partial charge is 0.465 e. The topological polar surface area (TPSA) is 96.4 Å². The summed E-state index contributed by atoms with van der Waals surface area (Å²) >= 11 is 0. The second-order valence-electron chi connectivity index (χ2n) is 5.62. The minimum atomic E-state index is -1.06. The van der Waals surface area contributed by atoms with Gasteiger partial charge in [-0.3, -0.25) is 0 Å². The molecular formula is C16H20N2O6. The number of imide groups is 1. The Bertz CT molecular complexity index is 606. The number of hydrogen-bond donors (Lipinski definition) is 1. The molecule has 2 atom stereocenters. The Hall–Kier alpha value is -2.77. The molecule has 3 amide bonds. The van der Waals surface area contributed by atoms with Crippen LogP contribution >= 0.6 is 0 Å². The number of carbonyl (C=O) groups is 3. The van der Waals surface area contributed by atoms with Crippen LogP contribution in [-0.2, 0) is 16.1 Å². The van der Waals surface area contributed by atoms with Gasteiger partial charge in [-0.25, -0.2) is 19.3 Å². The van der Waals surface area contributed by atoms with Gasteiger partial charge in [0.25, 0.3) is 0 Å². The van der Waals surface area contributed by atoms with E-state index in [0.717, 1.165) is 10.5 Å². The predicted molar refractivity (Wildman–Crippen MR) is 83.5 cm³/mol. The highest BCUT2D eigenvalue weighted by Gasteiger charge is 2.35. The molecule has 1 N–H and O–H groups in total. The summed E-state index contributed by atoms with van der Waals surface area (Å²) in [6.45, 7) is 1.87. The Balaban J connectivity index is 1.81. The van der Waals surface area contributed by atoms with E-state index in [0.29, 0.717) is 6.42 Å². The van der Waals surface area contributed by atoms with Crippen molar-refractivity contribution in [3.05, 3.63) is 35.9 Å². The molecule has 8 nitrogen and oxygen atoms in total. The van der Waals surface area contributed by atoms with Crippen molar-refractivity contribution >= 4 is 18.3 Å². The molecule has 0 spiro atoms. The number of carbonyl (C=O) groups excluding carboxylic acids is 2. The van der Waals surface area contributed by atoms with Gasteiger partial charge in [-0.1, -0.05) is 30.3 Å². The zero-order chi connectivity index (χ0) is 17.7. The summed E-state index contributed by atoms with van der Waals surface area (Å²) in [5.41, 5.74) is 0.800. The Morgan fingerprint density at radius 1 is 1.25 bits per heavy atom. The number of benzene rings is 1. The van der Waals surface area contributed by atoms with Crippen molar-refractivity contribution in [2.24, 2.45) is 0 Å². The second-order valence-corrected chi connectivity index (χ2v) is 5.62. The number of carboxylic acid groups (broad SMARTS) is 1. The third-order valence-electron chi connectivity index (χ3n) is 3.80. The first-order valence-corrected chi connectivity index (χ1v) is 7.53. The number of amides is 3. The van der Waals surface area contributed by atoms with Gasteiger partial charge in [0.2, 0.25) is 0 Å². The van der Waals surface area contributed by atoms with Gasteiger partial charge in [0.1, 0.15) is 12.7 Å². The third-order valence-corrected chi connectivity index (χ3v) is 3.80. The van der Waals surface area contributed by atoms with Crippen LogP contribution in [0.5, 0.6) is 0 Å². The van der Waals surface area contributed by atoms with E-state index in [1.807, 2.05) is 18.2 Å². The smallest absolute Gasteiger partial charge is 0.419 e. The second kappa shape index (κ2) is 7.67. The molecule has 8 heteroatoms. The lowest BCUT2D eigenvalue weighted by Crippen LogP contribution is -2.37. The zero-order valence-electron chi connectivity index (χ0n) is 13.5. The molecule has 1 aliphatic rings. The number of hydrogen-bond acceptors (Lipinski definition) is 5. The van der Waals surface area contributed by atoms with Gasteiger partial charge in [0, 0.05) is 19.5 Å². The lowest BCUT2D eigenvalue weighted by molar-refractivity contribution is 0.0584. The minimum absolute atomic E-state index is 0.0462. The fourth-order valence-corrected chi connectivity index (χ4v) is 2.45. The van der Waals surface area contributed by atoms with Crippen LogP contribution in [0.1, 0.15) is 18.9 Å². The molecule has 1 fully saturated rings. The van der Waals surface area contributed by atoms with E-state index in [2.05, 4.69) is 0 Å². The standard InChI is InChI=1S/C16H20N2O6/c1-11-8-13(9-18(11)14(19)20)24-16(22)17(2)15(21)23-10-12-6-4-3-5-7-12/h3-7,11,13H,8-10H2,1-2H3,(H,19,20)/t11-,13+/m1/s1. The zero-order valence-corrected chi connectivity index (χ0v) is 13.5. The van der Waals surface area contributed by atoms with Gasteiger partial charge in [-0.15, -0.1) is 0 Å². The fourth-order valence-electron chi connectivity index (χ4n) is 2.45. The van der Waals surface area contributed by atoms with Gasteiger partial charge < -0.3 is 19.5 Å². The summed E-state index contributed by atoms with van der Waals surface area (Å²) in [6, 6.07) is 8.83. The molecule has 0 unspecified atom stereocenters. The predicted octanol–water partition coefficient (Wildman–Crippen LogP) is 2.53. The summed E-state index contributed by atoms with van der Waals surface area (Å²) in [7, 11) is 1.25. The summed E-state index contributed by atoms with van der Waals surface area (Å²) in [4.78, 5) is 36.8. The Morgan fingerprint density at radius 2 is 1.92 bits per heavy atom. The molecule has 1 heterocycles. The number of ether oxygens (including phenoxy) is 2. The van der Waals surface area contributed by atoms with Gasteiger partial charge in [0.05, 0.1) is 6.54 Å². The highest BCUT2D eigenvalue weighted by Crippen LogP contribution is 2.20. The molecule has 0 aliphatic carbocycles. The molecule has 1 aromatic rings. The van der Waals surface area contributed by atoms with Crippen molar-refractivity contribution in [1.29, 1.82) is 0 Å². The maximum atomic E-state index is 12.0. The average molecular weight is 336 g/mol. The molecule has 2 rings (SSSR count). The lowest BCUT2D eigenvalue weighted by atomic mass is 10.2. The summed E-state index contributed by atoms with van der Waals surface area (Å²) in [5, 5.41) is 9.01. The number of nitrogens with zero attached hydrogens (tertiary/aromatic N) is 2. The summed E-state index contributed by atoms with van der Waals surface area (Å²) in [6.07, 6.45) is -2.93. The van der Waals surface area contributed by atoms with Crippen molar-refractivity contribution in [2.45, 2.75) is 32.1 Å². The first kappa shape index (κ1) is 17.6. The first-order chi connectivity index (χ1) is 11.4. The molecule has 1 saturated heterocycles. The molecule has 0 aromatic heterocycles. The quantitative estimate of drug-likeness (QED) is 0.911. The molecule has 1 aliphatic heterocycles. The molecule has 24 heavy (non-hydrogen) atoms. The average Bonchev–Trinajstić information content (AvgIpc) is 2.93. The van der Waals surface area contributed by atoms with Crippen molar-refractivity contribution in [3.63, 3.8) is 0 Å². The van der Waals surface area contributed by atoms with E-state index < -0.39 is 24.4 Å². The maximum Gasteiger partial charge on any atom is 0.419 e. The van der Waals surface area contributed by atoms with Gasteiger partial charge in [-0.05, 0) is 12.5 Å². The fraction of sp³-hybridized carbons (Fsp3) is 0.438. The monoisotopic (exact) mass is 336 g/mol. The van der Waals surface area contributed by atoms with Gasteiger partial charge >= 0.3 is 18.3 Å². The van der Waals surface area contributed by atoms with Crippen LogP contribution in [0.3, 0.4) is 0 Å². The maximum absolute atomic E-state index is 12.0. The molecule has 0 saturated carbocycles. The molecule has 130 valence electrons. The van der Waals surface area contributed by atoms with E-state index >= 15 is 0 Å². The number of likely N-dealkylation sites (tertiary alicyclic amines) is 1. The van der Waals surface area contributed by atoms with Crippen molar-refractivity contribution in [2.75, 3.05) is 13.6 Å². The molecule has 0 bridgehead atoms. The van der Waals surface area contributed by atoms with E-state index in [4.69, 9.17) is 14.6 Å². The van der Waals surface area contributed by atoms with E-state index in [1.54, 1.807) is 19.1 Å². The van der Waals surface area contributed by atoms with Crippen molar-refractivity contribution < 1.29 is 29.0 Å². The van der Waals surface area contributed by atoms with Gasteiger partial charge in [0.15, 0.2) is 0 Å². The highest BCUT2D eigenvalue weighted by atomic mass is 16.6. The van der Waals surface area contributed by atoms with Crippen LogP contribution in [0.4, 0.5) is 14.4 Å². The van der Waals surface area contributed by atoms with Crippen LogP contribution in [0, 0.1) is 0 Å². The normalized spacial score (nSPS) is 19.7. The van der Waals surface area contributed by atoms with Crippen LogP contribution in [-0.4, -0.2) is 58.9 Å². The SMILES string of the molecule is C[C@@H]1C[C@H](OC(=O)N(C)C(=O)OCc2ccccc2)CN1C(=O)O. The molecular weight excluding hydrogens is 316 g/mol.